The fourth-order valence-corrected chi connectivity index (χ4v) is 7.83. The summed E-state index contributed by atoms with van der Waals surface area (Å²) in [6.45, 7) is 1.19. The molecule has 11 heteroatoms. The number of nitrogens with zero attached hydrogens (tertiary/aromatic N) is 2. The van der Waals surface area contributed by atoms with Gasteiger partial charge in [0.2, 0.25) is 11.8 Å². The lowest BCUT2D eigenvalue weighted by Crippen LogP contribution is -2.54. The van der Waals surface area contributed by atoms with Crippen molar-refractivity contribution in [2.45, 2.75) is 62.6 Å². The van der Waals surface area contributed by atoms with E-state index in [1.807, 2.05) is 37.3 Å². The number of aryl methyl sites for hydroxylation is 1. The zero-order valence-corrected chi connectivity index (χ0v) is 29.3. The largest absolute Gasteiger partial charge is 0.495 e. The van der Waals surface area contributed by atoms with Gasteiger partial charge in [-0.2, -0.15) is 0 Å². The number of nitrogens with one attached hydrogen (secondary N) is 1. The third-order valence-corrected chi connectivity index (χ3v) is 10.9. The fraction of sp³-hybridized carbons (Fsp3) is 0.297. The van der Waals surface area contributed by atoms with Gasteiger partial charge in [0, 0.05) is 29.1 Å². The minimum absolute atomic E-state index is 0.00108. The number of hydrogen-bond donors (Lipinski definition) is 1. The molecule has 4 aromatic carbocycles. The van der Waals surface area contributed by atoms with Gasteiger partial charge >= 0.3 is 0 Å². The van der Waals surface area contributed by atoms with Gasteiger partial charge in [-0.15, -0.1) is 0 Å². The quantitative estimate of drug-likeness (QED) is 0.159. The van der Waals surface area contributed by atoms with Gasteiger partial charge in [-0.3, -0.25) is 13.9 Å². The first kappa shape index (κ1) is 35.3. The molecular formula is C37H39Cl2N3O5S. The number of carbonyl (C=O) groups excluding carboxylic acids is 2. The minimum atomic E-state index is -4.28. The summed E-state index contributed by atoms with van der Waals surface area (Å²) in [6.07, 6.45) is 3.95. The van der Waals surface area contributed by atoms with Crippen LogP contribution in [0.3, 0.4) is 0 Å². The van der Waals surface area contributed by atoms with Crippen molar-refractivity contribution in [1.29, 1.82) is 0 Å². The number of anilines is 1. The van der Waals surface area contributed by atoms with E-state index in [-0.39, 0.29) is 41.2 Å². The van der Waals surface area contributed by atoms with Crippen molar-refractivity contribution >= 4 is 50.7 Å². The maximum Gasteiger partial charge on any atom is 0.264 e. The van der Waals surface area contributed by atoms with Crippen molar-refractivity contribution in [3.8, 4) is 5.75 Å². The number of methoxy groups -OCH3 is 1. The Balaban J connectivity index is 1.60. The van der Waals surface area contributed by atoms with Crippen LogP contribution < -0.4 is 14.4 Å². The van der Waals surface area contributed by atoms with E-state index in [0.717, 1.165) is 41.1 Å². The van der Waals surface area contributed by atoms with Crippen molar-refractivity contribution in [3.63, 3.8) is 0 Å². The number of benzene rings is 4. The summed E-state index contributed by atoms with van der Waals surface area (Å²) >= 11 is 12.8. The molecule has 0 heterocycles. The number of hydrogen-bond acceptors (Lipinski definition) is 5. The fourth-order valence-electron chi connectivity index (χ4n) is 5.94. The Kier molecular flexibility index (Phi) is 11.7. The average Bonchev–Trinajstić information content (AvgIpc) is 3.59. The Morgan fingerprint density at radius 1 is 0.917 bits per heavy atom. The van der Waals surface area contributed by atoms with Crippen LogP contribution in [-0.2, 0) is 32.6 Å². The van der Waals surface area contributed by atoms with Gasteiger partial charge in [0.15, 0.2) is 0 Å². The molecule has 0 spiro atoms. The van der Waals surface area contributed by atoms with E-state index >= 15 is 0 Å². The summed E-state index contributed by atoms with van der Waals surface area (Å²) in [7, 11) is -2.84. The third kappa shape index (κ3) is 8.50. The highest BCUT2D eigenvalue weighted by molar-refractivity contribution is 7.92. The first-order valence-electron chi connectivity index (χ1n) is 15.9. The molecule has 1 atom stereocenters. The molecule has 1 aliphatic rings. The van der Waals surface area contributed by atoms with E-state index in [0.29, 0.717) is 15.6 Å². The maximum atomic E-state index is 14.7. The molecule has 0 radical (unpaired) electrons. The second kappa shape index (κ2) is 15.9. The zero-order chi connectivity index (χ0) is 34.3. The van der Waals surface area contributed by atoms with E-state index in [4.69, 9.17) is 27.9 Å². The molecule has 1 aliphatic carbocycles. The predicted molar refractivity (Wildman–Crippen MR) is 190 cm³/mol. The van der Waals surface area contributed by atoms with E-state index in [1.54, 1.807) is 54.6 Å². The van der Waals surface area contributed by atoms with Crippen LogP contribution in [0, 0.1) is 6.92 Å². The van der Waals surface area contributed by atoms with E-state index in [9.17, 15) is 18.0 Å². The Hall–Kier alpha value is -4.05. The summed E-state index contributed by atoms with van der Waals surface area (Å²) in [6, 6.07) is 26.5. The van der Waals surface area contributed by atoms with Crippen LogP contribution in [0.1, 0.15) is 42.4 Å². The molecular weight excluding hydrogens is 669 g/mol. The van der Waals surface area contributed by atoms with Crippen LogP contribution in [-0.4, -0.2) is 50.9 Å². The molecule has 0 aliphatic heterocycles. The predicted octanol–water partition coefficient (Wildman–Crippen LogP) is 7.20. The van der Waals surface area contributed by atoms with Gasteiger partial charge in [0.25, 0.3) is 10.0 Å². The van der Waals surface area contributed by atoms with Crippen LogP contribution in [0.2, 0.25) is 10.0 Å². The smallest absolute Gasteiger partial charge is 0.264 e. The van der Waals surface area contributed by atoms with Crippen molar-refractivity contribution < 1.29 is 22.7 Å². The maximum absolute atomic E-state index is 14.7. The third-order valence-electron chi connectivity index (χ3n) is 8.57. The first-order chi connectivity index (χ1) is 23.1. The number of ether oxygens (including phenoxy) is 1. The highest BCUT2D eigenvalue weighted by Crippen LogP contribution is 2.33. The van der Waals surface area contributed by atoms with Crippen LogP contribution in [0.4, 0.5) is 5.69 Å². The molecule has 48 heavy (non-hydrogen) atoms. The van der Waals surface area contributed by atoms with Crippen molar-refractivity contribution in [2.75, 3.05) is 18.0 Å². The van der Waals surface area contributed by atoms with Gasteiger partial charge < -0.3 is 15.0 Å². The zero-order valence-electron chi connectivity index (χ0n) is 26.9. The second-order valence-electron chi connectivity index (χ2n) is 11.9. The topological polar surface area (TPSA) is 96.0 Å². The molecule has 252 valence electrons. The molecule has 1 fully saturated rings. The van der Waals surface area contributed by atoms with E-state index in [1.165, 1.54) is 24.1 Å². The summed E-state index contributed by atoms with van der Waals surface area (Å²) in [5.74, 6) is -0.632. The Bertz CT molecular complexity index is 1830. The van der Waals surface area contributed by atoms with E-state index < -0.39 is 28.5 Å². The number of rotatable bonds is 13. The molecule has 1 saturated carbocycles. The number of halogens is 2. The molecule has 0 bridgehead atoms. The van der Waals surface area contributed by atoms with Crippen LogP contribution in [0.5, 0.6) is 5.75 Å². The summed E-state index contributed by atoms with van der Waals surface area (Å²) in [5, 5.41) is 3.92. The summed E-state index contributed by atoms with van der Waals surface area (Å²) in [5.41, 5.74) is 2.48. The number of amides is 2. The molecule has 8 nitrogen and oxygen atoms in total. The summed E-state index contributed by atoms with van der Waals surface area (Å²) in [4.78, 5) is 30.4. The van der Waals surface area contributed by atoms with Crippen molar-refractivity contribution in [2.24, 2.45) is 0 Å². The van der Waals surface area contributed by atoms with Gasteiger partial charge in [0.1, 0.15) is 18.3 Å². The van der Waals surface area contributed by atoms with Gasteiger partial charge in [-0.1, -0.05) is 102 Å². The normalized spacial score (nSPS) is 13.9. The highest BCUT2D eigenvalue weighted by atomic mass is 35.5. The number of para-hydroxylation sites is 2. The second-order valence-corrected chi connectivity index (χ2v) is 14.7. The standard InChI is InChI=1S/C37H39Cl2N3O5S/c1-26-16-20-31(21-17-26)48(45,46)42(33-14-8-9-15-35(33)47-2)25-36(43)41(24-28-18-19-29(38)23-32(28)39)34(22-27-10-4-3-5-11-27)37(44)40-30-12-6-7-13-30/h3-5,8-11,14-21,23,30,34H,6-7,12-13,22,24-25H2,1-2H3,(H,40,44)/t34-/m1/s1. The van der Waals surface area contributed by atoms with Crippen LogP contribution in [0.15, 0.2) is 102 Å². The van der Waals surface area contributed by atoms with Gasteiger partial charge in [0.05, 0.1) is 17.7 Å². The lowest BCUT2D eigenvalue weighted by atomic mass is 10.0. The molecule has 0 saturated heterocycles. The Labute approximate surface area is 292 Å². The van der Waals surface area contributed by atoms with Gasteiger partial charge in [-0.05, 0) is 67.3 Å². The molecule has 0 unspecified atom stereocenters. The van der Waals surface area contributed by atoms with Crippen molar-refractivity contribution in [1.82, 2.24) is 10.2 Å². The lowest BCUT2D eigenvalue weighted by molar-refractivity contribution is -0.140. The Morgan fingerprint density at radius 2 is 1.58 bits per heavy atom. The number of carbonyl (C=O) groups is 2. The monoisotopic (exact) mass is 707 g/mol. The molecule has 0 aromatic heterocycles. The Morgan fingerprint density at radius 3 is 2.25 bits per heavy atom. The minimum Gasteiger partial charge on any atom is -0.495 e. The summed E-state index contributed by atoms with van der Waals surface area (Å²) < 4.78 is 35.3. The van der Waals surface area contributed by atoms with Crippen molar-refractivity contribution in [3.05, 3.63) is 124 Å². The van der Waals surface area contributed by atoms with Gasteiger partial charge in [-0.25, -0.2) is 8.42 Å². The van der Waals surface area contributed by atoms with Crippen LogP contribution >= 0.6 is 23.2 Å². The molecule has 1 N–H and O–H groups in total. The van der Waals surface area contributed by atoms with E-state index in [2.05, 4.69) is 5.32 Å². The average molecular weight is 709 g/mol. The van der Waals surface area contributed by atoms with Crippen LogP contribution in [0.25, 0.3) is 0 Å². The number of sulfonamides is 1. The molecule has 2 amide bonds. The molecule has 5 rings (SSSR count). The SMILES string of the molecule is COc1ccccc1N(CC(=O)N(Cc1ccc(Cl)cc1Cl)[C@H](Cc1ccccc1)C(=O)NC1CCCC1)S(=O)(=O)c1ccc(C)cc1. The highest BCUT2D eigenvalue weighted by Gasteiger charge is 2.36. The lowest BCUT2D eigenvalue weighted by Gasteiger charge is -2.34. The first-order valence-corrected chi connectivity index (χ1v) is 18.1. The molecule has 4 aromatic rings.